The first kappa shape index (κ1) is 17.2. The van der Waals surface area contributed by atoms with Gasteiger partial charge in [-0.1, -0.05) is 60.7 Å². The van der Waals surface area contributed by atoms with Crippen LogP contribution in [0.3, 0.4) is 0 Å². The highest BCUT2D eigenvalue weighted by Gasteiger charge is 2.47. The molecule has 1 aliphatic rings. The molecule has 1 fully saturated rings. The number of benzene rings is 2. The third-order valence-corrected chi connectivity index (χ3v) is 4.96. The van der Waals surface area contributed by atoms with Gasteiger partial charge in [-0.2, -0.15) is 0 Å². The number of hydrogen-bond donors (Lipinski definition) is 0. The van der Waals surface area contributed by atoms with Gasteiger partial charge >= 0.3 is 11.9 Å². The molecule has 0 amide bonds. The van der Waals surface area contributed by atoms with Crippen LogP contribution in [0.25, 0.3) is 0 Å². The quantitative estimate of drug-likeness (QED) is 0.781. The van der Waals surface area contributed by atoms with Crippen molar-refractivity contribution in [2.75, 3.05) is 7.11 Å². The van der Waals surface area contributed by atoms with Crippen LogP contribution in [0.1, 0.15) is 36.8 Å². The monoisotopic (exact) mass is 338 g/mol. The lowest BCUT2D eigenvalue weighted by Crippen LogP contribution is -2.47. The molecule has 130 valence electrons. The minimum atomic E-state index is -0.454. The molecule has 0 aromatic heterocycles. The van der Waals surface area contributed by atoms with E-state index in [1.807, 2.05) is 36.4 Å². The van der Waals surface area contributed by atoms with Crippen molar-refractivity contribution in [1.82, 2.24) is 0 Å². The number of methoxy groups -OCH3 is 1. The second-order valence-electron chi connectivity index (χ2n) is 6.30. The first-order chi connectivity index (χ1) is 12.2. The van der Waals surface area contributed by atoms with E-state index in [0.29, 0.717) is 19.3 Å². The second-order valence-corrected chi connectivity index (χ2v) is 6.30. The summed E-state index contributed by atoms with van der Waals surface area (Å²) in [7, 11) is 1.37. The molecule has 0 bridgehead atoms. The number of hydrogen-bond acceptors (Lipinski definition) is 4. The van der Waals surface area contributed by atoms with E-state index in [-0.39, 0.29) is 18.4 Å². The number of rotatable bonds is 5. The van der Waals surface area contributed by atoms with Crippen LogP contribution in [0.5, 0.6) is 0 Å². The average molecular weight is 338 g/mol. The van der Waals surface area contributed by atoms with E-state index in [0.717, 1.165) is 11.1 Å². The van der Waals surface area contributed by atoms with Crippen molar-refractivity contribution in [3.8, 4) is 0 Å². The molecule has 1 aliphatic heterocycles. The maximum Gasteiger partial charge on any atom is 0.306 e. The van der Waals surface area contributed by atoms with Gasteiger partial charge in [-0.3, -0.25) is 9.59 Å². The van der Waals surface area contributed by atoms with Crippen molar-refractivity contribution in [3.05, 3.63) is 71.8 Å². The van der Waals surface area contributed by atoms with Gasteiger partial charge in [-0.15, -0.1) is 0 Å². The van der Waals surface area contributed by atoms with E-state index in [4.69, 9.17) is 9.47 Å². The van der Waals surface area contributed by atoms with Crippen molar-refractivity contribution in [3.63, 3.8) is 0 Å². The van der Waals surface area contributed by atoms with Gasteiger partial charge in [0.05, 0.1) is 12.5 Å². The average Bonchev–Trinajstić information content (AvgIpc) is 2.67. The smallest absolute Gasteiger partial charge is 0.306 e. The summed E-state index contributed by atoms with van der Waals surface area (Å²) in [6.07, 6.45) is 1.26. The van der Waals surface area contributed by atoms with Crippen LogP contribution in [0.2, 0.25) is 0 Å². The SMILES string of the molecule is COC(=O)CCC1OC(=O)CCC1(c1ccccc1)c1ccccc1. The van der Waals surface area contributed by atoms with Gasteiger partial charge in [0.2, 0.25) is 0 Å². The maximum atomic E-state index is 12.0. The molecule has 1 atom stereocenters. The van der Waals surface area contributed by atoms with Crippen LogP contribution in [0, 0.1) is 0 Å². The molecule has 0 N–H and O–H groups in total. The van der Waals surface area contributed by atoms with Gasteiger partial charge in [-0.05, 0) is 24.0 Å². The zero-order chi connectivity index (χ0) is 17.7. The second kappa shape index (κ2) is 7.51. The van der Waals surface area contributed by atoms with E-state index >= 15 is 0 Å². The Kier molecular flexibility index (Phi) is 5.17. The molecule has 0 aliphatic carbocycles. The third kappa shape index (κ3) is 3.43. The fourth-order valence-electron chi connectivity index (χ4n) is 3.73. The number of carbonyl (C=O) groups is 2. The summed E-state index contributed by atoms with van der Waals surface area (Å²) in [6, 6.07) is 20.2. The Morgan fingerprint density at radius 1 is 1.08 bits per heavy atom. The zero-order valence-corrected chi connectivity index (χ0v) is 14.3. The normalized spacial score (nSPS) is 19.1. The fourth-order valence-corrected chi connectivity index (χ4v) is 3.73. The Bertz CT molecular complexity index is 685. The largest absolute Gasteiger partial charge is 0.469 e. The molecular weight excluding hydrogens is 316 g/mol. The van der Waals surface area contributed by atoms with Crippen molar-refractivity contribution in [2.24, 2.45) is 0 Å². The number of ether oxygens (including phenoxy) is 2. The summed E-state index contributed by atoms with van der Waals surface area (Å²) in [6.45, 7) is 0. The summed E-state index contributed by atoms with van der Waals surface area (Å²) >= 11 is 0. The predicted octanol–water partition coefficient (Wildman–Crippen LogP) is 3.63. The highest BCUT2D eigenvalue weighted by molar-refractivity contribution is 5.72. The number of cyclic esters (lactones) is 1. The van der Waals surface area contributed by atoms with Crippen molar-refractivity contribution >= 4 is 11.9 Å². The first-order valence-electron chi connectivity index (χ1n) is 8.54. The number of esters is 2. The van der Waals surface area contributed by atoms with E-state index in [1.165, 1.54) is 7.11 Å². The van der Waals surface area contributed by atoms with Crippen LogP contribution in [0.15, 0.2) is 60.7 Å². The van der Waals surface area contributed by atoms with Crippen molar-refractivity contribution in [2.45, 2.75) is 37.2 Å². The molecule has 4 nitrogen and oxygen atoms in total. The van der Waals surface area contributed by atoms with E-state index in [2.05, 4.69) is 24.3 Å². The fraction of sp³-hybridized carbons (Fsp3) is 0.333. The molecule has 4 heteroatoms. The topological polar surface area (TPSA) is 52.6 Å². The zero-order valence-electron chi connectivity index (χ0n) is 14.3. The first-order valence-corrected chi connectivity index (χ1v) is 8.54. The molecular formula is C21H22O4. The van der Waals surface area contributed by atoms with Crippen LogP contribution in [-0.2, 0) is 24.5 Å². The van der Waals surface area contributed by atoms with Gasteiger partial charge in [0.15, 0.2) is 0 Å². The molecule has 25 heavy (non-hydrogen) atoms. The van der Waals surface area contributed by atoms with Crippen LogP contribution >= 0.6 is 0 Å². The van der Waals surface area contributed by atoms with Crippen LogP contribution in [-0.4, -0.2) is 25.2 Å². The summed E-state index contributed by atoms with van der Waals surface area (Å²) in [5.41, 5.74) is 1.75. The summed E-state index contributed by atoms with van der Waals surface area (Å²) in [5, 5.41) is 0. The minimum Gasteiger partial charge on any atom is -0.469 e. The summed E-state index contributed by atoms with van der Waals surface area (Å²) < 4.78 is 10.5. The Labute approximate surface area is 147 Å². The molecule has 1 unspecified atom stereocenters. The van der Waals surface area contributed by atoms with Crippen LogP contribution < -0.4 is 0 Å². The molecule has 0 saturated carbocycles. The number of carbonyl (C=O) groups excluding carboxylic acids is 2. The maximum absolute atomic E-state index is 12.0. The Balaban J connectivity index is 2.06. The molecule has 2 aromatic carbocycles. The Morgan fingerprint density at radius 2 is 1.64 bits per heavy atom. The van der Waals surface area contributed by atoms with Gasteiger partial charge in [0.25, 0.3) is 0 Å². The molecule has 3 rings (SSSR count). The molecule has 1 saturated heterocycles. The summed E-state index contributed by atoms with van der Waals surface area (Å²) in [4.78, 5) is 23.7. The van der Waals surface area contributed by atoms with Gasteiger partial charge in [0.1, 0.15) is 6.10 Å². The minimum absolute atomic E-state index is 0.211. The molecule has 1 heterocycles. The van der Waals surface area contributed by atoms with E-state index < -0.39 is 11.5 Å². The van der Waals surface area contributed by atoms with Crippen molar-refractivity contribution in [1.29, 1.82) is 0 Å². The van der Waals surface area contributed by atoms with E-state index in [1.54, 1.807) is 0 Å². The van der Waals surface area contributed by atoms with Crippen molar-refractivity contribution < 1.29 is 19.1 Å². The summed E-state index contributed by atoms with van der Waals surface area (Å²) in [5.74, 6) is -0.506. The Hall–Kier alpha value is -2.62. The lowest BCUT2D eigenvalue weighted by Gasteiger charge is -2.44. The lowest BCUT2D eigenvalue weighted by molar-refractivity contribution is -0.161. The van der Waals surface area contributed by atoms with Crippen LogP contribution in [0.4, 0.5) is 0 Å². The Morgan fingerprint density at radius 3 is 2.16 bits per heavy atom. The molecule has 2 aromatic rings. The molecule has 0 radical (unpaired) electrons. The lowest BCUT2D eigenvalue weighted by atomic mass is 9.65. The van der Waals surface area contributed by atoms with Gasteiger partial charge < -0.3 is 9.47 Å². The third-order valence-electron chi connectivity index (χ3n) is 4.96. The highest BCUT2D eigenvalue weighted by atomic mass is 16.5. The standard InChI is InChI=1S/C21H22O4/c1-24-19(22)13-12-18-21(15-14-20(23)25-18,16-8-4-2-5-9-16)17-10-6-3-7-11-17/h2-11,18H,12-15H2,1H3. The molecule has 0 spiro atoms. The van der Waals surface area contributed by atoms with E-state index in [9.17, 15) is 9.59 Å². The van der Waals surface area contributed by atoms with Gasteiger partial charge in [-0.25, -0.2) is 0 Å². The van der Waals surface area contributed by atoms with Gasteiger partial charge in [0, 0.05) is 12.8 Å². The predicted molar refractivity (Wildman–Crippen MR) is 94.0 cm³/mol. The highest BCUT2D eigenvalue weighted by Crippen LogP contribution is 2.45.